The zero-order valence-corrected chi connectivity index (χ0v) is 36.7. The number of rotatable bonds is 6. The van der Waals surface area contributed by atoms with E-state index < -0.39 is 5.41 Å². The van der Waals surface area contributed by atoms with E-state index in [1.54, 1.807) is 0 Å². The predicted octanol–water partition coefficient (Wildman–Crippen LogP) is 16.9. The Morgan fingerprint density at radius 2 is 0.877 bits per heavy atom. The van der Waals surface area contributed by atoms with Crippen LogP contribution in [-0.4, -0.2) is 0 Å². The van der Waals surface area contributed by atoms with Crippen LogP contribution in [0, 0.1) is 0 Å². The highest BCUT2D eigenvalue weighted by Crippen LogP contribution is 2.66. The second-order valence-corrected chi connectivity index (χ2v) is 18.7. The van der Waals surface area contributed by atoms with Crippen LogP contribution < -0.4 is 4.90 Å². The lowest BCUT2D eigenvalue weighted by Gasteiger charge is -2.36. The molecule has 4 aliphatic rings. The van der Waals surface area contributed by atoms with Gasteiger partial charge in [-0.2, -0.15) is 0 Å². The van der Waals surface area contributed by atoms with Crippen LogP contribution in [-0.2, 0) is 10.8 Å². The molecule has 308 valence electrons. The van der Waals surface area contributed by atoms with Gasteiger partial charge in [0, 0.05) is 22.4 Å². The first-order valence-corrected chi connectivity index (χ1v) is 23.2. The molecule has 4 aliphatic carbocycles. The van der Waals surface area contributed by atoms with Gasteiger partial charge in [0.2, 0.25) is 0 Å². The topological polar surface area (TPSA) is 3.24 Å². The van der Waals surface area contributed by atoms with Crippen LogP contribution in [0.5, 0.6) is 0 Å². The third-order valence-electron chi connectivity index (χ3n) is 14.9. The Kier molecular flexibility index (Phi) is 8.37. The summed E-state index contributed by atoms with van der Waals surface area (Å²) in [7, 11) is 0. The third-order valence-corrected chi connectivity index (χ3v) is 14.9. The molecule has 13 rings (SSSR count). The van der Waals surface area contributed by atoms with Crippen molar-refractivity contribution in [3.05, 3.63) is 263 Å². The van der Waals surface area contributed by atoms with Gasteiger partial charge in [-0.25, -0.2) is 0 Å². The van der Waals surface area contributed by atoms with Crippen molar-refractivity contribution < 1.29 is 0 Å². The average molecular weight is 830 g/mol. The fourth-order valence-electron chi connectivity index (χ4n) is 11.9. The van der Waals surface area contributed by atoms with Crippen molar-refractivity contribution in [3.8, 4) is 55.6 Å². The van der Waals surface area contributed by atoms with E-state index >= 15 is 0 Å². The molecule has 0 saturated heterocycles. The first kappa shape index (κ1) is 37.8. The normalized spacial score (nSPS) is 16.6. The summed E-state index contributed by atoms with van der Waals surface area (Å²) in [5.74, 6) is 0. The van der Waals surface area contributed by atoms with E-state index in [0.29, 0.717) is 0 Å². The van der Waals surface area contributed by atoms with Crippen LogP contribution in [0.25, 0.3) is 61.2 Å². The van der Waals surface area contributed by atoms with E-state index in [0.717, 1.165) is 24.2 Å². The van der Waals surface area contributed by atoms with Gasteiger partial charge in [0.05, 0.1) is 11.1 Å². The summed E-state index contributed by atoms with van der Waals surface area (Å²) in [4.78, 5) is 2.56. The summed E-state index contributed by atoms with van der Waals surface area (Å²) in [6.45, 7) is 4.77. The predicted molar refractivity (Wildman–Crippen MR) is 272 cm³/mol. The Bertz CT molecular complexity index is 3420. The Morgan fingerprint density at radius 3 is 1.55 bits per heavy atom. The van der Waals surface area contributed by atoms with Gasteiger partial charge in [-0.15, -0.1) is 0 Å². The maximum Gasteiger partial charge on any atom is 0.0746 e. The third kappa shape index (κ3) is 5.52. The van der Waals surface area contributed by atoms with E-state index in [9.17, 15) is 0 Å². The Labute approximate surface area is 382 Å². The number of allylic oxidation sites excluding steroid dienone is 4. The molecule has 1 unspecified atom stereocenters. The van der Waals surface area contributed by atoms with Gasteiger partial charge in [0.25, 0.3) is 0 Å². The van der Waals surface area contributed by atoms with Crippen LogP contribution >= 0.6 is 0 Å². The minimum absolute atomic E-state index is 0.151. The molecule has 0 amide bonds. The zero-order chi connectivity index (χ0) is 43.3. The van der Waals surface area contributed by atoms with Crippen LogP contribution in [0.15, 0.2) is 224 Å². The highest BCUT2D eigenvalue weighted by molar-refractivity contribution is 6.00. The standard InChI is InChI=1S/C64H47N/c1-63(2)56-24-12-9-20-50(56)53-39-37-49(41-59(53)63)65(48-35-32-46(33-36-48)45-30-28-44(29-31-45)42-16-5-3-6-17-42)61-27-15-23-55-52-22-11-14-26-58(52)64(62(55)61)57-25-13-10-21-51(57)54-38-34-47(40-60(54)64)43-18-7-4-8-19-43/h3,5-7,9-41H,4,8H2,1-2H3. The molecule has 0 heterocycles. The number of anilines is 3. The smallest absolute Gasteiger partial charge is 0.0746 e. The highest BCUT2D eigenvalue weighted by Gasteiger charge is 2.53. The Hall–Kier alpha value is -7.74. The van der Waals surface area contributed by atoms with Crippen molar-refractivity contribution in [2.24, 2.45) is 0 Å². The summed E-state index contributed by atoms with van der Waals surface area (Å²) in [6.07, 6.45) is 9.22. The molecule has 0 N–H and O–H groups in total. The molecule has 9 aromatic carbocycles. The largest absolute Gasteiger partial charge is 0.310 e. The molecule has 0 radical (unpaired) electrons. The van der Waals surface area contributed by atoms with Crippen LogP contribution in [0.2, 0.25) is 0 Å². The lowest BCUT2D eigenvalue weighted by Crippen LogP contribution is -2.28. The second kappa shape index (κ2) is 14.4. The zero-order valence-electron chi connectivity index (χ0n) is 36.7. The first-order valence-electron chi connectivity index (χ1n) is 23.2. The van der Waals surface area contributed by atoms with Crippen molar-refractivity contribution in [1.29, 1.82) is 0 Å². The van der Waals surface area contributed by atoms with E-state index in [1.807, 2.05) is 0 Å². The monoisotopic (exact) mass is 829 g/mol. The fourth-order valence-corrected chi connectivity index (χ4v) is 11.9. The maximum absolute atomic E-state index is 2.56. The fraction of sp³-hybridized carbons (Fsp3) is 0.0938. The van der Waals surface area contributed by atoms with Crippen molar-refractivity contribution in [2.75, 3.05) is 4.90 Å². The average Bonchev–Trinajstić information content (AvgIpc) is 3.93. The first-order chi connectivity index (χ1) is 32.0. The highest BCUT2D eigenvalue weighted by atomic mass is 15.1. The molecule has 0 aliphatic heterocycles. The number of benzene rings is 9. The van der Waals surface area contributed by atoms with Gasteiger partial charge < -0.3 is 4.90 Å². The van der Waals surface area contributed by atoms with Crippen LogP contribution in [0.3, 0.4) is 0 Å². The van der Waals surface area contributed by atoms with Gasteiger partial charge in [-0.1, -0.05) is 202 Å². The lowest BCUT2D eigenvalue weighted by molar-refractivity contribution is 0.660. The van der Waals surface area contributed by atoms with E-state index in [4.69, 9.17) is 0 Å². The summed E-state index contributed by atoms with van der Waals surface area (Å²) in [6, 6.07) is 77.8. The maximum atomic E-state index is 2.56. The molecule has 0 saturated carbocycles. The summed E-state index contributed by atoms with van der Waals surface area (Å²) in [5.41, 5.74) is 26.2. The van der Waals surface area contributed by atoms with Crippen molar-refractivity contribution >= 4 is 22.6 Å². The molecular formula is C64H47N. The molecule has 1 atom stereocenters. The minimum Gasteiger partial charge on any atom is -0.310 e. The van der Waals surface area contributed by atoms with Gasteiger partial charge in [0.15, 0.2) is 0 Å². The van der Waals surface area contributed by atoms with E-state index in [-0.39, 0.29) is 5.41 Å². The summed E-state index contributed by atoms with van der Waals surface area (Å²) < 4.78 is 0. The molecule has 0 bridgehead atoms. The number of nitrogens with zero attached hydrogens (tertiary/aromatic N) is 1. The van der Waals surface area contributed by atoms with Crippen molar-refractivity contribution in [1.82, 2.24) is 0 Å². The van der Waals surface area contributed by atoms with Crippen molar-refractivity contribution in [2.45, 2.75) is 37.5 Å². The molecule has 9 aromatic rings. The summed E-state index contributed by atoms with van der Waals surface area (Å²) in [5, 5.41) is 0. The van der Waals surface area contributed by atoms with Gasteiger partial charge in [0.1, 0.15) is 0 Å². The lowest BCUT2D eigenvalue weighted by atomic mass is 9.69. The molecule has 1 heteroatoms. The Balaban J connectivity index is 1.05. The van der Waals surface area contributed by atoms with E-state index in [2.05, 4.69) is 243 Å². The number of fused-ring (bicyclic) bond motifs is 13. The molecule has 65 heavy (non-hydrogen) atoms. The molecule has 1 spiro atoms. The molecule has 0 aromatic heterocycles. The van der Waals surface area contributed by atoms with E-state index in [1.165, 1.54) is 106 Å². The van der Waals surface area contributed by atoms with Crippen LogP contribution in [0.1, 0.15) is 65.6 Å². The van der Waals surface area contributed by atoms with Gasteiger partial charge >= 0.3 is 0 Å². The van der Waals surface area contributed by atoms with Crippen LogP contribution in [0.4, 0.5) is 17.1 Å². The van der Waals surface area contributed by atoms with Gasteiger partial charge in [-0.05, 0) is 144 Å². The SMILES string of the molecule is CC1(C)c2ccccc2-c2ccc(N(c3ccc(-c4ccc(-c5ccccc5)cc4)cc3)c3cccc4c3C3(c5ccccc5-c5ccc(C6=CCCC=C6)cc53)c3ccccc3-4)cc21. The van der Waals surface area contributed by atoms with Gasteiger partial charge in [-0.3, -0.25) is 0 Å². The minimum atomic E-state index is -0.547. The number of hydrogen-bond acceptors (Lipinski definition) is 1. The Morgan fingerprint density at radius 1 is 0.369 bits per heavy atom. The summed E-state index contributed by atoms with van der Waals surface area (Å²) >= 11 is 0. The van der Waals surface area contributed by atoms with Crippen molar-refractivity contribution in [3.63, 3.8) is 0 Å². The number of hydrogen-bond donors (Lipinski definition) is 0. The molecule has 1 nitrogen and oxygen atoms in total. The molecule has 0 fully saturated rings. The second-order valence-electron chi connectivity index (χ2n) is 18.7. The molecular weight excluding hydrogens is 783 g/mol. The quantitative estimate of drug-likeness (QED) is 0.161.